The number of amides is 1. The molecule has 1 amide bonds. The highest BCUT2D eigenvalue weighted by Gasteiger charge is 2.17. The third-order valence-electron chi connectivity index (χ3n) is 3.14. The zero-order valence-electron chi connectivity index (χ0n) is 10.0. The van der Waals surface area contributed by atoms with Crippen molar-refractivity contribution in [3.8, 4) is 0 Å². The first-order chi connectivity index (χ1) is 7.22. The first kappa shape index (κ1) is 12.5. The SMILES string of the molecule is CCNC(C)CC(=O)NCCC1CCC1. The van der Waals surface area contributed by atoms with Gasteiger partial charge in [0.15, 0.2) is 0 Å². The van der Waals surface area contributed by atoms with E-state index in [1.807, 2.05) is 0 Å². The topological polar surface area (TPSA) is 41.1 Å². The number of hydrogen-bond donors (Lipinski definition) is 2. The van der Waals surface area contributed by atoms with Crippen molar-refractivity contribution >= 4 is 5.91 Å². The molecule has 1 rings (SSSR count). The molecule has 1 fully saturated rings. The van der Waals surface area contributed by atoms with Gasteiger partial charge in [-0.15, -0.1) is 0 Å². The van der Waals surface area contributed by atoms with Crippen LogP contribution < -0.4 is 10.6 Å². The Bertz CT molecular complexity index is 190. The van der Waals surface area contributed by atoms with E-state index < -0.39 is 0 Å². The summed E-state index contributed by atoms with van der Waals surface area (Å²) in [7, 11) is 0. The molecule has 0 aromatic carbocycles. The van der Waals surface area contributed by atoms with Crippen LogP contribution in [0.4, 0.5) is 0 Å². The second-order valence-electron chi connectivity index (χ2n) is 4.60. The van der Waals surface area contributed by atoms with Gasteiger partial charge in [-0.3, -0.25) is 4.79 Å². The number of hydrogen-bond acceptors (Lipinski definition) is 2. The summed E-state index contributed by atoms with van der Waals surface area (Å²) in [6, 6.07) is 0.290. The number of carbonyl (C=O) groups is 1. The van der Waals surface area contributed by atoms with Gasteiger partial charge in [0.2, 0.25) is 5.91 Å². The van der Waals surface area contributed by atoms with Crippen LogP contribution in [-0.2, 0) is 4.79 Å². The normalized spacial score (nSPS) is 18.3. The molecule has 3 nitrogen and oxygen atoms in total. The highest BCUT2D eigenvalue weighted by Crippen LogP contribution is 2.28. The first-order valence-corrected chi connectivity index (χ1v) is 6.22. The van der Waals surface area contributed by atoms with Gasteiger partial charge in [0.1, 0.15) is 0 Å². The molecule has 3 heteroatoms. The van der Waals surface area contributed by atoms with Crippen molar-refractivity contribution in [3.05, 3.63) is 0 Å². The van der Waals surface area contributed by atoms with Crippen LogP contribution in [0.25, 0.3) is 0 Å². The summed E-state index contributed by atoms with van der Waals surface area (Å²) in [5.74, 6) is 1.07. The Morgan fingerprint density at radius 1 is 1.47 bits per heavy atom. The fraction of sp³-hybridized carbons (Fsp3) is 0.917. The number of carbonyl (C=O) groups excluding carboxylic acids is 1. The number of nitrogens with one attached hydrogen (secondary N) is 2. The summed E-state index contributed by atoms with van der Waals surface area (Å²) >= 11 is 0. The smallest absolute Gasteiger partial charge is 0.221 e. The first-order valence-electron chi connectivity index (χ1n) is 6.22. The zero-order valence-corrected chi connectivity index (χ0v) is 10.0. The van der Waals surface area contributed by atoms with Crippen molar-refractivity contribution in [2.45, 2.75) is 52.0 Å². The quantitative estimate of drug-likeness (QED) is 0.674. The second kappa shape index (κ2) is 6.83. The molecule has 0 aliphatic heterocycles. The van der Waals surface area contributed by atoms with Crippen LogP contribution in [-0.4, -0.2) is 25.0 Å². The van der Waals surface area contributed by atoms with Gasteiger partial charge >= 0.3 is 0 Å². The fourth-order valence-corrected chi connectivity index (χ4v) is 1.97. The Balaban J connectivity index is 1.97. The van der Waals surface area contributed by atoms with Gasteiger partial charge in [-0.1, -0.05) is 26.2 Å². The van der Waals surface area contributed by atoms with Crippen LogP contribution in [0.5, 0.6) is 0 Å². The molecule has 2 N–H and O–H groups in total. The molecule has 15 heavy (non-hydrogen) atoms. The molecule has 1 atom stereocenters. The molecule has 0 saturated heterocycles. The minimum absolute atomic E-state index is 0.183. The van der Waals surface area contributed by atoms with Gasteiger partial charge in [-0.2, -0.15) is 0 Å². The monoisotopic (exact) mass is 212 g/mol. The van der Waals surface area contributed by atoms with E-state index in [0.29, 0.717) is 12.5 Å². The van der Waals surface area contributed by atoms with Gasteiger partial charge < -0.3 is 10.6 Å². The molecule has 88 valence electrons. The third kappa shape index (κ3) is 5.17. The van der Waals surface area contributed by atoms with Crippen LogP contribution >= 0.6 is 0 Å². The standard InChI is InChI=1S/C12H24N2O/c1-3-13-10(2)9-12(15)14-8-7-11-5-4-6-11/h10-11,13H,3-9H2,1-2H3,(H,14,15). The predicted molar refractivity (Wildman–Crippen MR) is 62.7 cm³/mol. The Kier molecular flexibility index (Phi) is 5.69. The summed E-state index contributed by atoms with van der Waals surface area (Å²) in [6.45, 7) is 5.90. The maximum atomic E-state index is 11.5. The molecular formula is C12H24N2O. The lowest BCUT2D eigenvalue weighted by molar-refractivity contribution is -0.121. The van der Waals surface area contributed by atoms with E-state index in [2.05, 4.69) is 24.5 Å². The van der Waals surface area contributed by atoms with Gasteiger partial charge in [0, 0.05) is 19.0 Å². The van der Waals surface area contributed by atoms with Crippen molar-refractivity contribution in [3.63, 3.8) is 0 Å². The molecule has 1 aliphatic rings. The van der Waals surface area contributed by atoms with E-state index in [-0.39, 0.29) is 5.91 Å². The van der Waals surface area contributed by atoms with Gasteiger partial charge in [0.25, 0.3) is 0 Å². The van der Waals surface area contributed by atoms with Crippen LogP contribution in [0.3, 0.4) is 0 Å². The van der Waals surface area contributed by atoms with Crippen LogP contribution in [0.15, 0.2) is 0 Å². The Morgan fingerprint density at radius 3 is 2.73 bits per heavy atom. The largest absolute Gasteiger partial charge is 0.356 e. The maximum absolute atomic E-state index is 11.5. The summed E-state index contributed by atoms with van der Waals surface area (Å²) in [5.41, 5.74) is 0. The van der Waals surface area contributed by atoms with E-state index >= 15 is 0 Å². The van der Waals surface area contributed by atoms with Gasteiger partial charge in [-0.05, 0) is 25.8 Å². The molecule has 1 saturated carbocycles. The van der Waals surface area contributed by atoms with Crippen LogP contribution in [0.2, 0.25) is 0 Å². The van der Waals surface area contributed by atoms with Crippen molar-refractivity contribution < 1.29 is 4.79 Å². The zero-order chi connectivity index (χ0) is 11.1. The third-order valence-corrected chi connectivity index (χ3v) is 3.14. The Morgan fingerprint density at radius 2 is 2.20 bits per heavy atom. The van der Waals surface area contributed by atoms with Gasteiger partial charge in [0.05, 0.1) is 0 Å². The number of rotatable bonds is 7. The molecule has 0 radical (unpaired) electrons. The van der Waals surface area contributed by atoms with E-state index in [9.17, 15) is 4.79 Å². The lowest BCUT2D eigenvalue weighted by atomic mass is 9.83. The van der Waals surface area contributed by atoms with Crippen molar-refractivity contribution in [2.75, 3.05) is 13.1 Å². The minimum Gasteiger partial charge on any atom is -0.356 e. The lowest BCUT2D eigenvalue weighted by Gasteiger charge is -2.25. The molecule has 0 aromatic heterocycles. The van der Waals surface area contributed by atoms with E-state index in [0.717, 1.165) is 19.0 Å². The highest BCUT2D eigenvalue weighted by atomic mass is 16.1. The molecule has 1 aliphatic carbocycles. The minimum atomic E-state index is 0.183. The summed E-state index contributed by atoms with van der Waals surface area (Å²) < 4.78 is 0. The van der Waals surface area contributed by atoms with E-state index in [1.165, 1.54) is 25.7 Å². The second-order valence-corrected chi connectivity index (χ2v) is 4.60. The van der Waals surface area contributed by atoms with Crippen LogP contribution in [0, 0.1) is 5.92 Å². The Hall–Kier alpha value is -0.570. The Labute approximate surface area is 93.0 Å². The molecular weight excluding hydrogens is 188 g/mol. The highest BCUT2D eigenvalue weighted by molar-refractivity contribution is 5.76. The molecule has 0 spiro atoms. The molecule has 0 aromatic rings. The maximum Gasteiger partial charge on any atom is 0.221 e. The fourth-order valence-electron chi connectivity index (χ4n) is 1.97. The lowest BCUT2D eigenvalue weighted by Crippen LogP contribution is -2.34. The average molecular weight is 212 g/mol. The molecule has 1 unspecified atom stereocenters. The average Bonchev–Trinajstić information content (AvgIpc) is 2.09. The van der Waals surface area contributed by atoms with Crippen molar-refractivity contribution in [1.82, 2.24) is 10.6 Å². The van der Waals surface area contributed by atoms with E-state index in [1.54, 1.807) is 0 Å². The van der Waals surface area contributed by atoms with Gasteiger partial charge in [-0.25, -0.2) is 0 Å². The molecule has 0 heterocycles. The summed E-state index contributed by atoms with van der Waals surface area (Å²) in [6.07, 6.45) is 5.88. The van der Waals surface area contributed by atoms with E-state index in [4.69, 9.17) is 0 Å². The predicted octanol–water partition coefficient (Wildman–Crippen LogP) is 1.68. The van der Waals surface area contributed by atoms with Crippen molar-refractivity contribution in [1.29, 1.82) is 0 Å². The summed E-state index contributed by atoms with van der Waals surface area (Å²) in [5, 5.41) is 6.23. The van der Waals surface area contributed by atoms with Crippen molar-refractivity contribution in [2.24, 2.45) is 5.92 Å². The van der Waals surface area contributed by atoms with Crippen LogP contribution in [0.1, 0.15) is 46.0 Å². The molecule has 0 bridgehead atoms. The summed E-state index contributed by atoms with van der Waals surface area (Å²) in [4.78, 5) is 11.5.